The minimum Gasteiger partial charge on any atom is -0.356 e. The van der Waals surface area contributed by atoms with Crippen molar-refractivity contribution in [3.63, 3.8) is 0 Å². The molecule has 1 saturated carbocycles. The van der Waals surface area contributed by atoms with Crippen LogP contribution >= 0.6 is 0 Å². The first-order valence-corrected chi connectivity index (χ1v) is 6.98. The van der Waals surface area contributed by atoms with E-state index in [1.54, 1.807) is 0 Å². The fourth-order valence-corrected chi connectivity index (χ4v) is 2.76. The van der Waals surface area contributed by atoms with Gasteiger partial charge in [0, 0.05) is 31.1 Å². The number of para-hydroxylation sites is 1. The predicted octanol–water partition coefficient (Wildman–Crippen LogP) is 2.56. The normalized spacial score (nSPS) is 14.8. The summed E-state index contributed by atoms with van der Waals surface area (Å²) in [7, 11) is 2.08. The summed E-state index contributed by atoms with van der Waals surface area (Å²) in [5.41, 5.74) is 3.91. The van der Waals surface area contributed by atoms with Gasteiger partial charge >= 0.3 is 0 Å². The van der Waals surface area contributed by atoms with Gasteiger partial charge in [-0.05, 0) is 37.3 Å². The maximum Gasteiger partial charge on any atom is 0.223 e. The summed E-state index contributed by atoms with van der Waals surface area (Å²) in [6.45, 7) is 2.88. The fourth-order valence-electron chi connectivity index (χ4n) is 2.76. The van der Waals surface area contributed by atoms with E-state index in [2.05, 4.69) is 48.3 Å². The molecule has 1 aromatic heterocycles. The van der Waals surface area contributed by atoms with Crippen LogP contribution in [-0.4, -0.2) is 17.0 Å². The van der Waals surface area contributed by atoms with Crippen LogP contribution in [0.4, 0.5) is 0 Å². The standard InChI is InChI=1S/C16H20N2O/c1-11-4-3-5-14-13(10-18(2)15(11)14)8-9-17-16(19)12-6-7-12/h3-5,10,12H,6-9H2,1-2H3,(H,17,19). The van der Waals surface area contributed by atoms with Crippen LogP contribution in [0, 0.1) is 12.8 Å². The summed E-state index contributed by atoms with van der Waals surface area (Å²) in [6.07, 6.45) is 5.22. The highest BCUT2D eigenvalue weighted by atomic mass is 16.2. The van der Waals surface area contributed by atoms with E-state index in [1.807, 2.05) is 0 Å². The van der Waals surface area contributed by atoms with Crippen LogP contribution in [0.5, 0.6) is 0 Å². The molecule has 3 nitrogen and oxygen atoms in total. The zero-order chi connectivity index (χ0) is 13.4. The average Bonchev–Trinajstić information content (AvgIpc) is 3.17. The van der Waals surface area contributed by atoms with E-state index >= 15 is 0 Å². The lowest BCUT2D eigenvalue weighted by atomic mass is 10.1. The van der Waals surface area contributed by atoms with E-state index in [9.17, 15) is 4.79 Å². The van der Waals surface area contributed by atoms with E-state index in [-0.39, 0.29) is 5.91 Å². The Hall–Kier alpha value is -1.77. The molecule has 19 heavy (non-hydrogen) atoms. The van der Waals surface area contributed by atoms with Crippen molar-refractivity contribution in [2.75, 3.05) is 6.54 Å². The molecule has 0 aliphatic heterocycles. The van der Waals surface area contributed by atoms with E-state index in [1.165, 1.54) is 22.0 Å². The highest BCUT2D eigenvalue weighted by molar-refractivity contribution is 5.86. The number of carbonyl (C=O) groups is 1. The van der Waals surface area contributed by atoms with E-state index in [4.69, 9.17) is 0 Å². The molecule has 1 heterocycles. The molecule has 2 aromatic rings. The molecule has 1 aromatic carbocycles. The number of carbonyl (C=O) groups excluding carboxylic acids is 1. The van der Waals surface area contributed by atoms with Crippen molar-refractivity contribution in [2.45, 2.75) is 26.2 Å². The molecular formula is C16H20N2O. The van der Waals surface area contributed by atoms with Gasteiger partial charge in [-0.15, -0.1) is 0 Å². The highest BCUT2D eigenvalue weighted by Crippen LogP contribution is 2.28. The smallest absolute Gasteiger partial charge is 0.223 e. The molecule has 3 rings (SSSR count). The molecule has 0 unspecified atom stereocenters. The molecule has 1 fully saturated rings. The van der Waals surface area contributed by atoms with Gasteiger partial charge in [0.1, 0.15) is 0 Å². The summed E-state index contributed by atoms with van der Waals surface area (Å²) in [5.74, 6) is 0.533. The fraction of sp³-hybridized carbons (Fsp3) is 0.438. The molecular weight excluding hydrogens is 236 g/mol. The number of hydrogen-bond donors (Lipinski definition) is 1. The number of rotatable bonds is 4. The van der Waals surface area contributed by atoms with Crippen molar-refractivity contribution in [2.24, 2.45) is 13.0 Å². The van der Waals surface area contributed by atoms with Crippen molar-refractivity contribution in [3.05, 3.63) is 35.5 Å². The molecule has 3 heteroatoms. The van der Waals surface area contributed by atoms with Crippen molar-refractivity contribution in [3.8, 4) is 0 Å². The maximum absolute atomic E-state index is 11.6. The second kappa shape index (κ2) is 4.72. The van der Waals surface area contributed by atoms with Gasteiger partial charge in [-0.2, -0.15) is 0 Å². The van der Waals surface area contributed by atoms with Gasteiger partial charge in [0.25, 0.3) is 0 Å². The van der Waals surface area contributed by atoms with Gasteiger partial charge < -0.3 is 9.88 Å². The number of amides is 1. The zero-order valence-electron chi connectivity index (χ0n) is 11.6. The molecule has 0 radical (unpaired) electrons. The second-order valence-corrected chi connectivity index (χ2v) is 5.55. The molecule has 1 aliphatic rings. The van der Waals surface area contributed by atoms with Crippen LogP contribution in [0.2, 0.25) is 0 Å². The quantitative estimate of drug-likeness (QED) is 0.896. The van der Waals surface area contributed by atoms with Crippen molar-refractivity contribution >= 4 is 16.8 Å². The van der Waals surface area contributed by atoms with Crippen molar-refractivity contribution in [1.29, 1.82) is 0 Å². The van der Waals surface area contributed by atoms with Gasteiger partial charge in [0.15, 0.2) is 0 Å². The first-order chi connectivity index (χ1) is 9.16. The number of nitrogens with one attached hydrogen (secondary N) is 1. The van der Waals surface area contributed by atoms with Gasteiger partial charge in [-0.1, -0.05) is 18.2 Å². The number of aromatic nitrogens is 1. The number of nitrogens with zero attached hydrogens (tertiary/aromatic N) is 1. The summed E-state index contributed by atoms with van der Waals surface area (Å²) in [4.78, 5) is 11.6. The topological polar surface area (TPSA) is 34.0 Å². The lowest BCUT2D eigenvalue weighted by molar-refractivity contribution is -0.122. The largest absolute Gasteiger partial charge is 0.356 e. The van der Waals surface area contributed by atoms with E-state index in [0.717, 1.165) is 25.8 Å². The molecule has 1 aliphatic carbocycles. The minimum atomic E-state index is 0.233. The Balaban J connectivity index is 1.74. The average molecular weight is 256 g/mol. The molecule has 1 amide bonds. The van der Waals surface area contributed by atoms with Crippen LogP contribution in [0.25, 0.3) is 10.9 Å². The first-order valence-electron chi connectivity index (χ1n) is 6.98. The Labute approximate surface area is 113 Å². The van der Waals surface area contributed by atoms with E-state index in [0.29, 0.717) is 5.92 Å². The monoisotopic (exact) mass is 256 g/mol. The minimum absolute atomic E-state index is 0.233. The lowest BCUT2D eigenvalue weighted by Crippen LogP contribution is -2.26. The van der Waals surface area contributed by atoms with Gasteiger partial charge in [0.05, 0.1) is 5.52 Å². The molecule has 0 atom stereocenters. The third-order valence-corrected chi connectivity index (χ3v) is 3.93. The Bertz CT molecular complexity index is 623. The van der Waals surface area contributed by atoms with Crippen molar-refractivity contribution < 1.29 is 4.79 Å². The predicted molar refractivity (Wildman–Crippen MR) is 77.1 cm³/mol. The lowest BCUT2D eigenvalue weighted by Gasteiger charge is -2.03. The van der Waals surface area contributed by atoms with Gasteiger partial charge in [0.2, 0.25) is 5.91 Å². The Kier molecular flexibility index (Phi) is 3.05. The van der Waals surface area contributed by atoms with Crippen LogP contribution in [-0.2, 0) is 18.3 Å². The number of fused-ring (bicyclic) bond motifs is 1. The Morgan fingerprint density at radius 1 is 1.42 bits per heavy atom. The Morgan fingerprint density at radius 3 is 2.95 bits per heavy atom. The molecule has 100 valence electrons. The first kappa shape index (κ1) is 12.3. The van der Waals surface area contributed by atoms with Crippen LogP contribution in [0.15, 0.2) is 24.4 Å². The van der Waals surface area contributed by atoms with Gasteiger partial charge in [-0.25, -0.2) is 0 Å². The zero-order valence-corrected chi connectivity index (χ0v) is 11.6. The van der Waals surface area contributed by atoms with Crippen LogP contribution in [0.3, 0.4) is 0 Å². The van der Waals surface area contributed by atoms with Crippen molar-refractivity contribution in [1.82, 2.24) is 9.88 Å². The number of aryl methyl sites for hydroxylation is 2. The molecule has 0 bridgehead atoms. The highest BCUT2D eigenvalue weighted by Gasteiger charge is 2.29. The third-order valence-electron chi connectivity index (χ3n) is 3.93. The second-order valence-electron chi connectivity index (χ2n) is 5.55. The Morgan fingerprint density at radius 2 is 2.21 bits per heavy atom. The van der Waals surface area contributed by atoms with Crippen LogP contribution in [0.1, 0.15) is 24.0 Å². The summed E-state index contributed by atoms with van der Waals surface area (Å²) in [6, 6.07) is 6.41. The maximum atomic E-state index is 11.6. The third kappa shape index (κ3) is 2.37. The number of hydrogen-bond acceptors (Lipinski definition) is 1. The van der Waals surface area contributed by atoms with Gasteiger partial charge in [-0.3, -0.25) is 4.79 Å². The number of benzene rings is 1. The molecule has 0 spiro atoms. The summed E-state index contributed by atoms with van der Waals surface area (Å²) >= 11 is 0. The molecule has 1 N–H and O–H groups in total. The molecule has 0 saturated heterocycles. The van der Waals surface area contributed by atoms with E-state index < -0.39 is 0 Å². The van der Waals surface area contributed by atoms with Crippen LogP contribution < -0.4 is 5.32 Å². The SMILES string of the molecule is Cc1cccc2c(CCNC(=O)C3CC3)cn(C)c12. The summed E-state index contributed by atoms with van der Waals surface area (Å²) < 4.78 is 2.18. The summed E-state index contributed by atoms with van der Waals surface area (Å²) in [5, 5.41) is 4.34.